The summed E-state index contributed by atoms with van der Waals surface area (Å²) in [7, 11) is 6.16. The zero-order valence-electron chi connectivity index (χ0n) is 11.7. The average molecular weight is 225 g/mol. The average Bonchev–Trinajstić information content (AvgIpc) is 2.50. The number of aromatic amines is 1. The van der Waals surface area contributed by atoms with E-state index >= 15 is 0 Å². The van der Waals surface area contributed by atoms with Crippen LogP contribution >= 0.6 is 0 Å². The van der Waals surface area contributed by atoms with Gasteiger partial charge in [0.05, 0.1) is 0 Å². The minimum absolute atomic E-state index is 0.134. The minimum atomic E-state index is 0.134. The summed E-state index contributed by atoms with van der Waals surface area (Å²) in [5.41, 5.74) is 7.25. The first-order valence-corrected chi connectivity index (χ1v) is 6.12. The van der Waals surface area contributed by atoms with Crippen LogP contribution in [0.4, 0.5) is 0 Å². The van der Waals surface area contributed by atoms with E-state index in [4.69, 9.17) is 7.85 Å². The van der Waals surface area contributed by atoms with Crippen LogP contribution in [0.1, 0.15) is 43.2 Å². The van der Waals surface area contributed by atoms with Crippen molar-refractivity contribution in [3.8, 4) is 0 Å². The van der Waals surface area contributed by atoms with Crippen molar-refractivity contribution in [3.05, 3.63) is 28.5 Å². The van der Waals surface area contributed by atoms with Gasteiger partial charge in [0.25, 0.3) is 0 Å². The van der Waals surface area contributed by atoms with E-state index in [1.807, 2.05) is 0 Å². The van der Waals surface area contributed by atoms with E-state index in [0.29, 0.717) is 0 Å². The van der Waals surface area contributed by atoms with Crippen LogP contribution in [0.15, 0.2) is 6.07 Å². The van der Waals surface area contributed by atoms with Crippen LogP contribution in [0.3, 0.4) is 0 Å². The largest absolute Gasteiger partial charge is 0.358 e. The fourth-order valence-corrected chi connectivity index (χ4v) is 2.81. The maximum atomic E-state index is 6.16. The van der Waals surface area contributed by atoms with Crippen LogP contribution in [0.25, 0.3) is 10.9 Å². The lowest BCUT2D eigenvalue weighted by atomic mass is 9.79. The molecule has 0 saturated carbocycles. The maximum Gasteiger partial charge on any atom is 0.114 e. The zero-order chi connectivity index (χ0) is 13.0. The van der Waals surface area contributed by atoms with Crippen molar-refractivity contribution in [3.63, 3.8) is 0 Å². The Morgan fingerprint density at radius 1 is 1.12 bits per heavy atom. The summed E-state index contributed by atoms with van der Waals surface area (Å²) in [6.45, 7) is 13.1. The normalized spacial score (nSPS) is 12.4. The van der Waals surface area contributed by atoms with Gasteiger partial charge in [0, 0.05) is 16.6 Å². The second-order valence-electron chi connectivity index (χ2n) is 6.03. The van der Waals surface area contributed by atoms with Crippen LogP contribution < -0.4 is 5.46 Å². The monoisotopic (exact) mass is 225 g/mol. The molecule has 0 amide bonds. The molecule has 17 heavy (non-hydrogen) atoms. The van der Waals surface area contributed by atoms with Gasteiger partial charge in [0.15, 0.2) is 0 Å². The van der Waals surface area contributed by atoms with E-state index in [9.17, 15) is 0 Å². The molecule has 1 aromatic carbocycles. The first-order valence-electron chi connectivity index (χ1n) is 6.12. The molecule has 0 fully saturated rings. The van der Waals surface area contributed by atoms with Gasteiger partial charge in [-0.25, -0.2) is 0 Å². The number of rotatable bonds is 0. The Morgan fingerprint density at radius 3 is 2.24 bits per heavy atom. The predicted octanol–water partition coefficient (Wildman–Crippen LogP) is 3.18. The Morgan fingerprint density at radius 2 is 1.71 bits per heavy atom. The van der Waals surface area contributed by atoms with Crippen molar-refractivity contribution in [1.29, 1.82) is 0 Å². The third-order valence-electron chi connectivity index (χ3n) is 3.53. The molecule has 88 valence electrons. The Bertz CT molecular complexity index is 585. The fourth-order valence-electron chi connectivity index (χ4n) is 2.81. The van der Waals surface area contributed by atoms with Gasteiger partial charge in [0.1, 0.15) is 7.85 Å². The highest BCUT2D eigenvalue weighted by Gasteiger charge is 2.23. The maximum absolute atomic E-state index is 6.16. The molecule has 0 saturated heterocycles. The predicted molar refractivity (Wildman–Crippen MR) is 76.6 cm³/mol. The fraction of sp³-hybridized carbons (Fsp3) is 0.467. The molecule has 1 nitrogen and oxygen atoms in total. The molecule has 0 unspecified atom stereocenters. The van der Waals surface area contributed by atoms with Gasteiger partial charge in [-0.1, -0.05) is 31.8 Å². The molecule has 2 heteroatoms. The van der Waals surface area contributed by atoms with Gasteiger partial charge >= 0.3 is 0 Å². The molecular formula is C15H20BN. The number of benzene rings is 1. The smallest absolute Gasteiger partial charge is 0.114 e. The van der Waals surface area contributed by atoms with E-state index in [-0.39, 0.29) is 5.41 Å². The van der Waals surface area contributed by atoms with E-state index in [1.54, 1.807) is 0 Å². The number of fused-ring (bicyclic) bond motifs is 1. The molecule has 2 radical (unpaired) electrons. The van der Waals surface area contributed by atoms with Crippen molar-refractivity contribution >= 4 is 24.2 Å². The molecule has 0 atom stereocenters. The van der Waals surface area contributed by atoms with Gasteiger partial charge in [-0.05, 0) is 43.4 Å². The second-order valence-corrected chi connectivity index (χ2v) is 6.03. The zero-order valence-corrected chi connectivity index (χ0v) is 11.7. The van der Waals surface area contributed by atoms with Crippen molar-refractivity contribution in [2.75, 3.05) is 0 Å². The molecule has 1 heterocycles. The first-order chi connectivity index (χ1) is 7.73. The van der Waals surface area contributed by atoms with Crippen LogP contribution in [-0.2, 0) is 5.41 Å². The summed E-state index contributed by atoms with van der Waals surface area (Å²) in [6.07, 6.45) is 0. The SMILES string of the molecule is [B]c1c(C)cc2[nH]c(C)c(C(C)(C)C)c2c1C. The van der Waals surface area contributed by atoms with E-state index < -0.39 is 0 Å². The molecule has 0 bridgehead atoms. The summed E-state index contributed by atoms with van der Waals surface area (Å²) in [5.74, 6) is 0. The Hall–Kier alpha value is -1.18. The van der Waals surface area contributed by atoms with Crippen molar-refractivity contribution in [1.82, 2.24) is 4.98 Å². The van der Waals surface area contributed by atoms with Gasteiger partial charge in [0.2, 0.25) is 0 Å². The molecule has 0 aliphatic rings. The number of aryl methyl sites for hydroxylation is 3. The molecule has 1 aromatic heterocycles. The number of nitrogens with one attached hydrogen (secondary N) is 1. The standard InChI is InChI=1S/C15H20BN/c1-8-7-11-12(9(2)14(8)16)13(10(3)17-11)15(4,5)6/h7,17H,1-6H3. The highest BCUT2D eigenvalue weighted by Crippen LogP contribution is 2.34. The Labute approximate surface area is 105 Å². The van der Waals surface area contributed by atoms with E-state index in [0.717, 1.165) is 11.0 Å². The van der Waals surface area contributed by atoms with Crippen molar-refractivity contribution in [2.45, 2.75) is 47.0 Å². The van der Waals surface area contributed by atoms with Gasteiger partial charge in [-0.15, -0.1) is 0 Å². The van der Waals surface area contributed by atoms with Crippen LogP contribution in [0.5, 0.6) is 0 Å². The van der Waals surface area contributed by atoms with Gasteiger partial charge in [-0.2, -0.15) is 0 Å². The van der Waals surface area contributed by atoms with Crippen LogP contribution in [0, 0.1) is 20.8 Å². The minimum Gasteiger partial charge on any atom is -0.358 e. The Kier molecular flexibility index (Phi) is 2.64. The summed E-state index contributed by atoms with van der Waals surface area (Å²) in [4.78, 5) is 3.49. The lowest BCUT2D eigenvalue weighted by molar-refractivity contribution is 0.591. The molecule has 2 aromatic rings. The first kappa shape index (κ1) is 12.3. The lowest BCUT2D eigenvalue weighted by Gasteiger charge is -2.21. The molecular weight excluding hydrogens is 205 g/mol. The van der Waals surface area contributed by atoms with Crippen molar-refractivity contribution < 1.29 is 0 Å². The number of aromatic nitrogens is 1. The van der Waals surface area contributed by atoms with Gasteiger partial charge < -0.3 is 4.98 Å². The molecule has 0 aliphatic carbocycles. The van der Waals surface area contributed by atoms with E-state index in [1.165, 1.54) is 27.7 Å². The van der Waals surface area contributed by atoms with Crippen LogP contribution in [0.2, 0.25) is 0 Å². The molecule has 1 N–H and O–H groups in total. The number of H-pyrrole nitrogens is 1. The number of hydrogen-bond acceptors (Lipinski definition) is 0. The third kappa shape index (κ3) is 1.80. The van der Waals surface area contributed by atoms with Crippen LogP contribution in [-0.4, -0.2) is 12.8 Å². The molecule has 0 aliphatic heterocycles. The quantitative estimate of drug-likeness (QED) is 0.663. The topological polar surface area (TPSA) is 15.8 Å². The summed E-state index contributed by atoms with van der Waals surface area (Å²) < 4.78 is 0. The summed E-state index contributed by atoms with van der Waals surface area (Å²) >= 11 is 0. The molecule has 0 spiro atoms. The highest BCUT2D eigenvalue weighted by atomic mass is 14.7. The summed E-state index contributed by atoms with van der Waals surface area (Å²) in [5, 5.41) is 1.30. The lowest BCUT2D eigenvalue weighted by Crippen LogP contribution is -2.16. The Balaban J connectivity index is 2.96. The molecule has 2 rings (SSSR count). The van der Waals surface area contributed by atoms with Crippen molar-refractivity contribution in [2.24, 2.45) is 0 Å². The summed E-state index contributed by atoms with van der Waals surface area (Å²) in [6, 6.07) is 2.15. The highest BCUT2D eigenvalue weighted by molar-refractivity contribution is 6.35. The number of hydrogen-bond donors (Lipinski definition) is 1. The second kappa shape index (κ2) is 3.66. The van der Waals surface area contributed by atoms with E-state index in [2.05, 4.69) is 52.6 Å². The third-order valence-corrected chi connectivity index (χ3v) is 3.53. The van der Waals surface area contributed by atoms with Gasteiger partial charge in [-0.3, -0.25) is 0 Å².